The van der Waals surface area contributed by atoms with E-state index in [0.717, 1.165) is 0 Å². The molecule has 534 valence electrons. The summed E-state index contributed by atoms with van der Waals surface area (Å²) in [6.07, 6.45) is -0.634. The minimum absolute atomic E-state index is 0.00767. The second-order valence-electron chi connectivity index (χ2n) is 24.2. The molecule has 22 N–H and O–H groups in total. The van der Waals surface area contributed by atoms with Gasteiger partial charge in [0.2, 0.25) is 76.8 Å². The molecular formula is C62H96N14O19S. The minimum atomic E-state index is -1.85. The highest BCUT2D eigenvalue weighted by atomic mass is 32.2. The van der Waals surface area contributed by atoms with Crippen LogP contribution in [0, 0.1) is 17.8 Å². The predicted octanol–water partition coefficient (Wildman–Crippen LogP) is -5.05. The number of carboxylic acid groups (broad SMARTS) is 1. The summed E-state index contributed by atoms with van der Waals surface area (Å²) in [5.41, 5.74) is 17.2. The van der Waals surface area contributed by atoms with Crippen molar-refractivity contribution >= 4 is 94.5 Å². The number of aliphatic hydroxyl groups is 3. The molecule has 0 unspecified atom stereocenters. The van der Waals surface area contributed by atoms with E-state index < -0.39 is 194 Å². The van der Waals surface area contributed by atoms with Crippen molar-refractivity contribution in [2.75, 3.05) is 31.8 Å². The first kappa shape index (κ1) is 83.1. The first-order valence-electron chi connectivity index (χ1n) is 31.2. The van der Waals surface area contributed by atoms with Crippen molar-refractivity contribution < 1.29 is 92.7 Å². The second-order valence-corrected chi connectivity index (χ2v) is 25.2. The molecule has 0 aliphatic rings. The lowest BCUT2D eigenvalue weighted by molar-refractivity contribution is -0.143. The number of primary amides is 2. The van der Waals surface area contributed by atoms with Gasteiger partial charge in [-0.15, -0.1) is 0 Å². The van der Waals surface area contributed by atoms with Crippen molar-refractivity contribution in [3.63, 3.8) is 0 Å². The fourth-order valence-corrected chi connectivity index (χ4v) is 9.78. The number of thioether (sulfide) groups is 1. The second kappa shape index (κ2) is 42.4. The number of nitrogens with two attached hydrogens (primary N) is 3. The Balaban J connectivity index is 2.51. The van der Waals surface area contributed by atoms with E-state index in [1.807, 2.05) is 0 Å². The Bertz CT molecular complexity index is 2960. The Labute approximate surface area is 560 Å². The standard InChI is InChI=1S/C62H96N14O19S/c1-31(2)22-41(55(87)68-40(20-21-96-8)54(86)70-42(23-32(3)4)56(88)71-43(24-33(5)6)57(89)76-48(30-79)62(94)95)69-51(83)34(7)66-53(85)39(18-19-49(64)81)67-58(90)45(26-36-14-16-37(80)17-15-36)72-59(91)44(25-35-12-10-9-11-13-35)73-60(92)46(27-50(65)82)74-61(93)47(29-78)75-52(84)38(63)28-77/h9-17,31-34,38-48,77-80H,18-30,63H2,1-8H3,(H2,64,81)(H2,65,82)(H,66,85)(H,67,90)(H,68,87)(H,69,83)(H,70,86)(H,71,88)(H,72,91)(H,73,92)(H,74,93)(H,75,84)(H,76,89)(H,94,95)/t34-,38-,39-,40-,41-,42-,43-,44-,45-,46-,47-,48-/m0/s1. The topological polar surface area (TPSA) is 551 Å². The summed E-state index contributed by atoms with van der Waals surface area (Å²) >= 11 is 1.34. The molecule has 0 fully saturated rings. The van der Waals surface area contributed by atoms with Crippen LogP contribution >= 0.6 is 11.8 Å². The van der Waals surface area contributed by atoms with E-state index in [2.05, 4.69) is 58.5 Å². The van der Waals surface area contributed by atoms with Gasteiger partial charge in [0.15, 0.2) is 0 Å². The molecule has 0 spiro atoms. The summed E-state index contributed by atoms with van der Waals surface area (Å²) < 4.78 is 0. The van der Waals surface area contributed by atoms with E-state index in [4.69, 9.17) is 17.2 Å². The highest BCUT2D eigenvalue weighted by molar-refractivity contribution is 7.98. The van der Waals surface area contributed by atoms with Crippen molar-refractivity contribution in [1.82, 2.24) is 58.5 Å². The summed E-state index contributed by atoms with van der Waals surface area (Å²) in [4.78, 5) is 189. The molecule has 0 heterocycles. The fraction of sp³-hybridized carbons (Fsp3) is 0.581. The van der Waals surface area contributed by atoms with Crippen LogP contribution in [0.1, 0.15) is 105 Å². The van der Waals surface area contributed by atoms with Crippen LogP contribution in [-0.2, 0) is 80.0 Å². The number of benzene rings is 2. The molecular weight excluding hydrogens is 1280 g/mol. The highest BCUT2D eigenvalue weighted by Gasteiger charge is 2.37. The quantitative estimate of drug-likeness (QED) is 0.0295. The first-order chi connectivity index (χ1) is 45.1. The van der Waals surface area contributed by atoms with Crippen molar-refractivity contribution in [1.29, 1.82) is 0 Å². The molecule has 34 heteroatoms. The number of hydrogen-bond donors (Lipinski definition) is 19. The SMILES string of the molecule is CSCC[C@H](NC(=O)[C@H](CC(C)C)NC(=O)[C@H](C)NC(=O)[C@H](CCC(N)=O)NC(=O)[C@H](Cc1ccc(O)cc1)NC(=O)[C@H](Cc1ccccc1)NC(=O)[C@H](CC(N)=O)NC(=O)[C@H](CO)NC(=O)[C@@H](N)CO)C(=O)N[C@@H](CC(C)C)C(=O)N[C@@H](CC(C)C)C(=O)N[C@@H](CO)C(=O)O. The molecule has 0 aromatic heterocycles. The number of phenolic OH excluding ortho intramolecular Hbond substituents is 1. The fourth-order valence-electron chi connectivity index (χ4n) is 9.31. The van der Waals surface area contributed by atoms with Crippen LogP contribution in [0.25, 0.3) is 0 Å². The molecule has 0 aliphatic heterocycles. The van der Waals surface area contributed by atoms with Crippen LogP contribution < -0.4 is 75.7 Å². The number of rotatable bonds is 44. The maximum Gasteiger partial charge on any atom is 0.328 e. The Morgan fingerprint density at radius 1 is 0.406 bits per heavy atom. The van der Waals surface area contributed by atoms with Gasteiger partial charge in [-0.25, -0.2) is 4.79 Å². The van der Waals surface area contributed by atoms with Crippen molar-refractivity contribution in [2.24, 2.45) is 35.0 Å². The normalized spacial score (nSPS) is 14.9. The Hall–Kier alpha value is -8.99. The number of hydrogen-bond acceptors (Lipinski definition) is 20. The van der Waals surface area contributed by atoms with E-state index in [9.17, 15) is 92.7 Å². The van der Waals surface area contributed by atoms with Gasteiger partial charge in [0.05, 0.1) is 26.2 Å². The number of phenols is 1. The van der Waals surface area contributed by atoms with Crippen molar-refractivity contribution in [3.05, 3.63) is 65.7 Å². The summed E-state index contributed by atoms with van der Waals surface area (Å²) in [6, 6.07) is -4.98. The van der Waals surface area contributed by atoms with Crippen LogP contribution in [-0.4, -0.2) is 213 Å². The molecule has 0 saturated heterocycles. The Kier molecular flexibility index (Phi) is 36.7. The third-order valence-electron chi connectivity index (χ3n) is 14.4. The minimum Gasteiger partial charge on any atom is -0.508 e. The summed E-state index contributed by atoms with van der Waals surface area (Å²) in [5.74, 6) is -14.9. The lowest BCUT2D eigenvalue weighted by Crippen LogP contribution is -2.61. The molecule has 2 aromatic carbocycles. The average Bonchev–Trinajstić information content (AvgIpc) is 0.871. The van der Waals surface area contributed by atoms with Gasteiger partial charge in [-0.2, -0.15) is 11.8 Å². The van der Waals surface area contributed by atoms with Gasteiger partial charge < -0.3 is 101 Å². The van der Waals surface area contributed by atoms with E-state index >= 15 is 0 Å². The third kappa shape index (κ3) is 30.6. The lowest BCUT2D eigenvalue weighted by atomic mass is 9.99. The molecule has 13 amide bonds. The first-order valence-corrected chi connectivity index (χ1v) is 32.5. The molecule has 0 aliphatic carbocycles. The van der Waals surface area contributed by atoms with Gasteiger partial charge in [-0.05, 0) is 92.0 Å². The average molecular weight is 1370 g/mol. The van der Waals surface area contributed by atoms with E-state index in [1.54, 1.807) is 78.1 Å². The van der Waals surface area contributed by atoms with Gasteiger partial charge in [-0.3, -0.25) is 62.3 Å². The number of aliphatic hydroxyl groups excluding tert-OH is 3. The molecule has 96 heavy (non-hydrogen) atoms. The number of aromatic hydroxyl groups is 1. The number of nitrogens with one attached hydrogen (secondary N) is 11. The monoisotopic (exact) mass is 1370 g/mol. The smallest absolute Gasteiger partial charge is 0.328 e. The van der Waals surface area contributed by atoms with Gasteiger partial charge in [-0.1, -0.05) is 84.0 Å². The zero-order chi connectivity index (χ0) is 72.5. The van der Waals surface area contributed by atoms with Crippen LogP contribution in [0.3, 0.4) is 0 Å². The zero-order valence-corrected chi connectivity index (χ0v) is 56.0. The van der Waals surface area contributed by atoms with E-state index in [0.29, 0.717) is 16.9 Å². The maximum absolute atomic E-state index is 14.6. The van der Waals surface area contributed by atoms with Gasteiger partial charge in [0.25, 0.3) is 0 Å². The van der Waals surface area contributed by atoms with Crippen LogP contribution in [0.4, 0.5) is 0 Å². The van der Waals surface area contributed by atoms with Gasteiger partial charge >= 0.3 is 5.97 Å². The van der Waals surface area contributed by atoms with Crippen LogP contribution in [0.15, 0.2) is 54.6 Å². The van der Waals surface area contributed by atoms with Gasteiger partial charge in [0, 0.05) is 19.3 Å². The summed E-state index contributed by atoms with van der Waals surface area (Å²) in [7, 11) is 0. The van der Waals surface area contributed by atoms with Crippen LogP contribution in [0.2, 0.25) is 0 Å². The Morgan fingerprint density at radius 3 is 1.18 bits per heavy atom. The molecule has 0 bridgehead atoms. The lowest BCUT2D eigenvalue weighted by Gasteiger charge is -2.29. The maximum atomic E-state index is 14.6. The largest absolute Gasteiger partial charge is 0.508 e. The number of carbonyl (C=O) groups is 14. The Morgan fingerprint density at radius 2 is 0.760 bits per heavy atom. The third-order valence-corrected chi connectivity index (χ3v) is 15.1. The molecule has 2 rings (SSSR count). The molecule has 12 atom stereocenters. The summed E-state index contributed by atoms with van der Waals surface area (Å²) in [5, 5.41) is 75.2. The predicted molar refractivity (Wildman–Crippen MR) is 349 cm³/mol. The zero-order valence-electron chi connectivity index (χ0n) is 55.1. The van der Waals surface area contributed by atoms with Crippen molar-refractivity contribution in [3.8, 4) is 5.75 Å². The van der Waals surface area contributed by atoms with Crippen LogP contribution in [0.5, 0.6) is 5.75 Å². The summed E-state index contributed by atoms with van der Waals surface area (Å²) in [6.45, 7) is 9.02. The number of aliphatic carboxylic acids is 1. The van der Waals surface area contributed by atoms with Gasteiger partial charge in [0.1, 0.15) is 78.3 Å². The van der Waals surface area contributed by atoms with Crippen molar-refractivity contribution in [2.45, 2.75) is 179 Å². The number of carboxylic acids is 1. The van der Waals surface area contributed by atoms with E-state index in [1.165, 1.54) is 43.0 Å². The molecule has 0 radical (unpaired) electrons. The number of carbonyl (C=O) groups excluding carboxylic acids is 13. The molecule has 2 aromatic rings. The van der Waals surface area contributed by atoms with E-state index in [-0.39, 0.29) is 62.0 Å². The molecule has 0 saturated carbocycles. The molecule has 33 nitrogen and oxygen atoms in total. The number of amides is 13. The highest BCUT2D eigenvalue weighted by Crippen LogP contribution is 2.16.